The molecule has 1 amide bonds. The highest BCUT2D eigenvalue weighted by atomic mass is 16.5. The quantitative estimate of drug-likeness (QED) is 0.804. The van der Waals surface area contributed by atoms with Crippen molar-refractivity contribution in [3.63, 3.8) is 0 Å². The van der Waals surface area contributed by atoms with Crippen molar-refractivity contribution in [1.82, 2.24) is 10.4 Å². The van der Waals surface area contributed by atoms with E-state index in [4.69, 9.17) is 4.74 Å². The summed E-state index contributed by atoms with van der Waals surface area (Å²) in [5.74, 6) is 1.09. The molecule has 0 fully saturated rings. The molecule has 0 saturated heterocycles. The van der Waals surface area contributed by atoms with Gasteiger partial charge in [-0.15, -0.1) is 0 Å². The molecular weight excluding hydrogens is 228 g/mol. The maximum atomic E-state index is 11.5. The predicted octanol–water partition coefficient (Wildman–Crippen LogP) is 1.54. The van der Waals surface area contributed by atoms with Crippen molar-refractivity contribution in [3.05, 3.63) is 29.3 Å². The Morgan fingerprint density at radius 2 is 2.28 bits per heavy atom. The third-order valence-electron chi connectivity index (χ3n) is 2.97. The van der Waals surface area contributed by atoms with E-state index in [1.165, 1.54) is 11.1 Å². The number of hydrogen-bond acceptors (Lipinski definition) is 3. The van der Waals surface area contributed by atoms with Crippen molar-refractivity contribution in [2.24, 2.45) is 0 Å². The number of benzene rings is 1. The first kappa shape index (κ1) is 12.9. The summed E-state index contributed by atoms with van der Waals surface area (Å²) >= 11 is 0. The Balaban J connectivity index is 1.78. The lowest BCUT2D eigenvalue weighted by molar-refractivity contribution is -0.124. The van der Waals surface area contributed by atoms with Gasteiger partial charge in [0.25, 0.3) is 0 Å². The normalized spacial score (nSPS) is 13.3. The molecule has 0 saturated carbocycles. The summed E-state index contributed by atoms with van der Waals surface area (Å²) in [5, 5.41) is 1.68. The average molecular weight is 248 g/mol. The molecule has 1 N–H and O–H groups in total. The third-order valence-corrected chi connectivity index (χ3v) is 2.97. The van der Waals surface area contributed by atoms with Gasteiger partial charge in [-0.05, 0) is 30.0 Å². The Hall–Kier alpha value is -1.55. The van der Waals surface area contributed by atoms with Crippen LogP contribution in [0.15, 0.2) is 18.2 Å². The van der Waals surface area contributed by atoms with Crippen LogP contribution in [0.4, 0.5) is 0 Å². The highest BCUT2D eigenvalue weighted by molar-refractivity contribution is 5.75. The topological polar surface area (TPSA) is 41.6 Å². The number of rotatable bonds is 5. The molecule has 0 unspecified atom stereocenters. The second kappa shape index (κ2) is 5.87. The summed E-state index contributed by atoms with van der Waals surface area (Å²) in [7, 11) is 3.64. The van der Waals surface area contributed by atoms with Crippen LogP contribution in [0, 0.1) is 0 Å². The van der Waals surface area contributed by atoms with Gasteiger partial charge in [-0.25, -0.2) is 5.01 Å². The van der Waals surface area contributed by atoms with Gasteiger partial charge in [0.15, 0.2) is 0 Å². The van der Waals surface area contributed by atoms with E-state index in [0.717, 1.165) is 31.6 Å². The van der Waals surface area contributed by atoms with Crippen LogP contribution in [-0.4, -0.2) is 31.6 Å². The number of hydrogen-bond donors (Lipinski definition) is 1. The highest BCUT2D eigenvalue weighted by Gasteiger charge is 2.12. The fourth-order valence-corrected chi connectivity index (χ4v) is 2.15. The zero-order valence-electron chi connectivity index (χ0n) is 11.0. The molecule has 4 heteroatoms. The molecular formula is C14H20N2O2. The summed E-state index contributed by atoms with van der Waals surface area (Å²) in [4.78, 5) is 11.5. The monoisotopic (exact) mass is 248 g/mol. The van der Waals surface area contributed by atoms with Crippen LogP contribution in [0.25, 0.3) is 0 Å². The van der Waals surface area contributed by atoms with Gasteiger partial charge < -0.3 is 4.74 Å². The van der Waals surface area contributed by atoms with Crippen LogP contribution in [0.2, 0.25) is 0 Å². The van der Waals surface area contributed by atoms with Crippen molar-refractivity contribution < 1.29 is 9.53 Å². The molecule has 0 bridgehead atoms. The van der Waals surface area contributed by atoms with E-state index in [9.17, 15) is 4.79 Å². The largest absolute Gasteiger partial charge is 0.493 e. The summed E-state index contributed by atoms with van der Waals surface area (Å²) in [5.41, 5.74) is 5.33. The predicted molar refractivity (Wildman–Crippen MR) is 70.4 cm³/mol. The Kier molecular flexibility index (Phi) is 4.20. The number of amides is 1. The van der Waals surface area contributed by atoms with Gasteiger partial charge in [-0.1, -0.05) is 12.1 Å². The number of aryl methyl sites for hydroxylation is 1. The summed E-state index contributed by atoms with van der Waals surface area (Å²) < 4.78 is 5.47. The van der Waals surface area contributed by atoms with Gasteiger partial charge in [0.05, 0.1) is 6.61 Å². The molecule has 1 aromatic rings. The van der Waals surface area contributed by atoms with Crippen molar-refractivity contribution in [1.29, 1.82) is 0 Å². The minimum atomic E-state index is 0.0736. The molecule has 1 aromatic carbocycles. The minimum absolute atomic E-state index is 0.0736. The fourth-order valence-electron chi connectivity index (χ4n) is 2.15. The maximum absolute atomic E-state index is 11.5. The second-order valence-corrected chi connectivity index (χ2v) is 4.82. The lowest BCUT2D eigenvalue weighted by atomic mass is 10.0. The number of carbonyl (C=O) groups excluding carboxylic acids is 1. The van der Waals surface area contributed by atoms with E-state index in [1.807, 2.05) is 20.2 Å². The summed E-state index contributed by atoms with van der Waals surface area (Å²) in [6, 6.07) is 6.33. The third kappa shape index (κ3) is 3.47. The van der Waals surface area contributed by atoms with Crippen LogP contribution >= 0.6 is 0 Å². The Bertz CT molecular complexity index is 430. The second-order valence-electron chi connectivity index (χ2n) is 4.82. The summed E-state index contributed by atoms with van der Waals surface area (Å²) in [6.07, 6.45) is 3.38. The molecule has 2 rings (SSSR count). The van der Waals surface area contributed by atoms with Crippen molar-refractivity contribution in [2.75, 3.05) is 20.7 Å². The average Bonchev–Trinajstić information content (AvgIpc) is 2.75. The van der Waals surface area contributed by atoms with Gasteiger partial charge in [-0.2, -0.15) is 0 Å². The first-order valence-electron chi connectivity index (χ1n) is 6.36. The van der Waals surface area contributed by atoms with Gasteiger partial charge in [0.1, 0.15) is 5.75 Å². The molecule has 1 heterocycles. The molecule has 1 aliphatic rings. The Morgan fingerprint density at radius 3 is 3.06 bits per heavy atom. The van der Waals surface area contributed by atoms with Crippen LogP contribution in [-0.2, 0) is 17.6 Å². The van der Waals surface area contributed by atoms with Crippen LogP contribution in [0.1, 0.15) is 24.0 Å². The van der Waals surface area contributed by atoms with Crippen LogP contribution in [0.3, 0.4) is 0 Å². The number of nitrogens with zero attached hydrogens (tertiary/aromatic N) is 1. The molecule has 98 valence electrons. The van der Waals surface area contributed by atoms with E-state index < -0.39 is 0 Å². The number of ether oxygens (including phenoxy) is 1. The van der Waals surface area contributed by atoms with E-state index in [0.29, 0.717) is 6.42 Å². The molecule has 0 aliphatic carbocycles. The fraction of sp³-hybridized carbons (Fsp3) is 0.500. The first-order chi connectivity index (χ1) is 8.65. The van der Waals surface area contributed by atoms with E-state index >= 15 is 0 Å². The minimum Gasteiger partial charge on any atom is -0.493 e. The standard InChI is InChI=1S/C14H20N2O2/c1-16(2)15-14(17)5-3-4-11-6-7-13-12(10-11)8-9-18-13/h6-7,10H,3-5,8-9H2,1-2H3,(H,15,17). The van der Waals surface area contributed by atoms with Crippen molar-refractivity contribution >= 4 is 5.91 Å². The van der Waals surface area contributed by atoms with E-state index in [-0.39, 0.29) is 5.91 Å². The molecule has 0 atom stereocenters. The van der Waals surface area contributed by atoms with Crippen molar-refractivity contribution in [3.8, 4) is 5.75 Å². The van der Waals surface area contributed by atoms with E-state index in [1.54, 1.807) is 5.01 Å². The highest BCUT2D eigenvalue weighted by Crippen LogP contribution is 2.26. The molecule has 1 aliphatic heterocycles. The van der Waals surface area contributed by atoms with E-state index in [2.05, 4.69) is 17.6 Å². The lowest BCUT2D eigenvalue weighted by Gasteiger charge is -2.11. The zero-order chi connectivity index (χ0) is 13.0. The van der Waals surface area contributed by atoms with Crippen LogP contribution in [0.5, 0.6) is 5.75 Å². The van der Waals surface area contributed by atoms with Gasteiger partial charge in [0.2, 0.25) is 5.91 Å². The van der Waals surface area contributed by atoms with Crippen molar-refractivity contribution in [2.45, 2.75) is 25.7 Å². The Morgan fingerprint density at radius 1 is 1.44 bits per heavy atom. The number of nitrogens with one attached hydrogen (secondary N) is 1. The number of hydrazine groups is 1. The molecule has 0 radical (unpaired) electrons. The van der Waals surface area contributed by atoms with Gasteiger partial charge in [-0.3, -0.25) is 10.2 Å². The van der Waals surface area contributed by atoms with Gasteiger partial charge >= 0.3 is 0 Å². The number of carbonyl (C=O) groups is 1. The lowest BCUT2D eigenvalue weighted by Crippen LogP contribution is -2.35. The summed E-state index contributed by atoms with van der Waals surface area (Å²) in [6.45, 7) is 0.796. The molecule has 18 heavy (non-hydrogen) atoms. The first-order valence-corrected chi connectivity index (χ1v) is 6.36. The molecule has 0 aromatic heterocycles. The van der Waals surface area contributed by atoms with Gasteiger partial charge in [0, 0.05) is 26.9 Å². The molecule has 0 spiro atoms. The SMILES string of the molecule is CN(C)NC(=O)CCCc1ccc2c(c1)CCO2. The molecule has 4 nitrogen and oxygen atoms in total. The smallest absolute Gasteiger partial charge is 0.234 e. The van der Waals surface area contributed by atoms with Crippen LogP contribution < -0.4 is 10.2 Å². The maximum Gasteiger partial charge on any atom is 0.234 e. The number of fused-ring (bicyclic) bond motifs is 1. The zero-order valence-corrected chi connectivity index (χ0v) is 11.0. The Labute approximate surface area is 108 Å².